The van der Waals surface area contributed by atoms with Crippen molar-refractivity contribution in [3.63, 3.8) is 0 Å². The maximum atomic E-state index is 11.2. The topological polar surface area (TPSA) is 49.8 Å². The quantitative estimate of drug-likeness (QED) is 0.727. The third-order valence-electron chi connectivity index (χ3n) is 3.14. The predicted molar refractivity (Wildman–Crippen MR) is 62.0 cm³/mol. The molecular formula is C12H23NO3. The minimum Gasteiger partial charge on any atom is -0.467 e. The smallest absolute Gasteiger partial charge is 0.334 e. The molecule has 94 valence electrons. The summed E-state index contributed by atoms with van der Waals surface area (Å²) in [5, 5.41) is 9.72. The van der Waals surface area contributed by atoms with Gasteiger partial charge in [0.2, 0.25) is 0 Å². The van der Waals surface area contributed by atoms with Crippen molar-refractivity contribution in [3.8, 4) is 0 Å². The molecule has 4 nitrogen and oxygen atoms in total. The molecule has 16 heavy (non-hydrogen) atoms. The summed E-state index contributed by atoms with van der Waals surface area (Å²) >= 11 is 0. The van der Waals surface area contributed by atoms with Crippen LogP contribution in [0.3, 0.4) is 0 Å². The number of ether oxygens (including phenoxy) is 1. The number of carbonyl (C=O) groups excluding carboxylic acids is 1. The fourth-order valence-electron chi connectivity index (χ4n) is 2.28. The van der Waals surface area contributed by atoms with E-state index in [1.165, 1.54) is 7.11 Å². The highest BCUT2D eigenvalue weighted by atomic mass is 16.5. The van der Waals surface area contributed by atoms with Crippen LogP contribution in [-0.2, 0) is 9.53 Å². The van der Waals surface area contributed by atoms with Gasteiger partial charge in [-0.05, 0) is 37.8 Å². The van der Waals surface area contributed by atoms with E-state index in [1.54, 1.807) is 0 Å². The molecule has 0 spiro atoms. The van der Waals surface area contributed by atoms with Crippen LogP contribution in [0.2, 0.25) is 0 Å². The number of nitrogens with zero attached hydrogens (tertiary/aromatic N) is 1. The molecule has 1 unspecified atom stereocenters. The highest BCUT2D eigenvalue weighted by Gasteiger charge is 2.30. The molecule has 0 radical (unpaired) electrons. The van der Waals surface area contributed by atoms with Crippen LogP contribution >= 0.6 is 0 Å². The molecular weight excluding hydrogens is 206 g/mol. The summed E-state index contributed by atoms with van der Waals surface area (Å²) in [5.41, 5.74) is 0. The van der Waals surface area contributed by atoms with E-state index in [0.29, 0.717) is 5.92 Å². The van der Waals surface area contributed by atoms with Gasteiger partial charge < -0.3 is 14.7 Å². The first kappa shape index (κ1) is 13.5. The molecule has 0 aliphatic carbocycles. The number of methoxy groups -OCH3 is 1. The van der Waals surface area contributed by atoms with Crippen molar-refractivity contribution in [3.05, 3.63) is 0 Å². The first-order valence-electron chi connectivity index (χ1n) is 6.02. The van der Waals surface area contributed by atoms with Gasteiger partial charge >= 0.3 is 5.97 Å². The molecule has 1 aliphatic rings. The third kappa shape index (κ3) is 3.76. The minimum atomic E-state index is -0.939. The van der Waals surface area contributed by atoms with Crippen LogP contribution in [-0.4, -0.2) is 48.8 Å². The predicted octanol–water partition coefficient (Wildman–Crippen LogP) is 0.888. The Bertz CT molecular complexity index is 222. The van der Waals surface area contributed by atoms with Gasteiger partial charge in [-0.15, -0.1) is 0 Å². The van der Waals surface area contributed by atoms with E-state index in [-0.39, 0.29) is 5.92 Å². The van der Waals surface area contributed by atoms with Crippen LogP contribution < -0.4 is 0 Å². The second kappa shape index (κ2) is 6.21. The number of aliphatic hydroxyl groups excluding tert-OH is 1. The van der Waals surface area contributed by atoms with Crippen LogP contribution in [0.5, 0.6) is 0 Å². The zero-order chi connectivity index (χ0) is 12.1. The van der Waals surface area contributed by atoms with Crippen molar-refractivity contribution in [2.24, 2.45) is 11.8 Å². The number of rotatable bonds is 4. The number of carbonyl (C=O) groups is 1. The molecule has 1 N–H and O–H groups in total. The fraction of sp³-hybridized carbons (Fsp3) is 0.917. The molecule has 1 heterocycles. The number of esters is 1. The molecule has 0 aromatic carbocycles. The van der Waals surface area contributed by atoms with Gasteiger partial charge in [-0.25, -0.2) is 4.79 Å². The summed E-state index contributed by atoms with van der Waals surface area (Å²) in [7, 11) is 1.32. The average molecular weight is 229 g/mol. The van der Waals surface area contributed by atoms with Gasteiger partial charge in [0.15, 0.2) is 6.10 Å². The Morgan fingerprint density at radius 1 is 1.44 bits per heavy atom. The van der Waals surface area contributed by atoms with Crippen LogP contribution in [0.1, 0.15) is 26.7 Å². The molecule has 1 rings (SSSR count). The molecule has 1 atom stereocenters. The maximum Gasteiger partial charge on any atom is 0.334 e. The Kier molecular flexibility index (Phi) is 5.22. The molecule has 1 saturated heterocycles. The molecule has 1 fully saturated rings. The zero-order valence-electron chi connectivity index (χ0n) is 10.5. The lowest BCUT2D eigenvalue weighted by atomic mass is 9.91. The summed E-state index contributed by atoms with van der Waals surface area (Å²) in [6.45, 7) is 7.44. The van der Waals surface area contributed by atoms with Gasteiger partial charge in [0.1, 0.15) is 0 Å². The van der Waals surface area contributed by atoms with E-state index in [1.807, 2.05) is 0 Å². The molecule has 0 aromatic rings. The molecule has 0 bridgehead atoms. The first-order valence-corrected chi connectivity index (χ1v) is 6.02. The first-order chi connectivity index (χ1) is 7.54. The van der Waals surface area contributed by atoms with E-state index in [4.69, 9.17) is 0 Å². The second-order valence-electron chi connectivity index (χ2n) is 5.00. The zero-order valence-corrected chi connectivity index (χ0v) is 10.5. The summed E-state index contributed by atoms with van der Waals surface area (Å²) in [5.74, 6) is 0.236. The van der Waals surface area contributed by atoms with Gasteiger partial charge in [0.05, 0.1) is 7.11 Å². The lowest BCUT2D eigenvalue weighted by molar-refractivity contribution is -0.154. The molecule has 1 aliphatic heterocycles. The Balaban J connectivity index is 2.34. The highest BCUT2D eigenvalue weighted by Crippen LogP contribution is 2.21. The number of hydrogen-bond acceptors (Lipinski definition) is 4. The molecule has 0 amide bonds. The van der Waals surface area contributed by atoms with Crippen LogP contribution in [0.15, 0.2) is 0 Å². The van der Waals surface area contributed by atoms with Crippen LogP contribution in [0, 0.1) is 11.8 Å². The Labute approximate surface area is 97.6 Å². The summed E-state index contributed by atoms with van der Waals surface area (Å²) < 4.78 is 4.55. The van der Waals surface area contributed by atoms with Crippen molar-refractivity contribution in [2.75, 3.05) is 26.7 Å². The largest absolute Gasteiger partial charge is 0.467 e. The summed E-state index contributed by atoms with van der Waals surface area (Å²) in [6, 6.07) is 0. The lowest BCUT2D eigenvalue weighted by Crippen LogP contribution is -2.42. The Morgan fingerprint density at radius 2 is 2.00 bits per heavy atom. The normalized spacial score (nSPS) is 21.1. The monoisotopic (exact) mass is 229 g/mol. The van der Waals surface area contributed by atoms with E-state index in [2.05, 4.69) is 23.5 Å². The second-order valence-corrected chi connectivity index (χ2v) is 5.00. The third-order valence-corrected chi connectivity index (χ3v) is 3.14. The SMILES string of the molecule is COC(=O)C(O)C1CCN(CC(C)C)CC1. The Hall–Kier alpha value is -0.610. The number of piperidine rings is 1. The molecule has 0 saturated carbocycles. The van der Waals surface area contributed by atoms with E-state index >= 15 is 0 Å². The Morgan fingerprint density at radius 3 is 2.44 bits per heavy atom. The lowest BCUT2D eigenvalue weighted by Gasteiger charge is -2.34. The van der Waals surface area contributed by atoms with Gasteiger partial charge in [-0.2, -0.15) is 0 Å². The van der Waals surface area contributed by atoms with Gasteiger partial charge in [0, 0.05) is 6.54 Å². The molecule has 4 heteroatoms. The van der Waals surface area contributed by atoms with E-state index in [9.17, 15) is 9.90 Å². The van der Waals surface area contributed by atoms with Gasteiger partial charge in [-0.1, -0.05) is 13.8 Å². The summed E-state index contributed by atoms with van der Waals surface area (Å²) in [6.07, 6.45) is 0.817. The van der Waals surface area contributed by atoms with Crippen molar-refractivity contribution in [1.29, 1.82) is 0 Å². The fourth-order valence-corrected chi connectivity index (χ4v) is 2.28. The van der Waals surface area contributed by atoms with Gasteiger partial charge in [0.25, 0.3) is 0 Å². The van der Waals surface area contributed by atoms with Crippen molar-refractivity contribution < 1.29 is 14.6 Å². The molecule has 0 aromatic heterocycles. The standard InChI is InChI=1S/C12H23NO3/c1-9(2)8-13-6-4-10(5-7-13)11(14)12(15)16-3/h9-11,14H,4-8H2,1-3H3. The van der Waals surface area contributed by atoms with Gasteiger partial charge in [-0.3, -0.25) is 0 Å². The number of hydrogen-bond donors (Lipinski definition) is 1. The van der Waals surface area contributed by atoms with Crippen molar-refractivity contribution in [1.82, 2.24) is 4.90 Å². The highest BCUT2D eigenvalue weighted by molar-refractivity contribution is 5.74. The van der Waals surface area contributed by atoms with Crippen LogP contribution in [0.25, 0.3) is 0 Å². The van der Waals surface area contributed by atoms with E-state index < -0.39 is 12.1 Å². The van der Waals surface area contributed by atoms with Crippen molar-refractivity contribution >= 4 is 5.97 Å². The number of aliphatic hydroxyl groups is 1. The maximum absolute atomic E-state index is 11.2. The average Bonchev–Trinajstić information content (AvgIpc) is 2.27. The number of likely N-dealkylation sites (tertiary alicyclic amines) is 1. The summed E-state index contributed by atoms with van der Waals surface area (Å²) in [4.78, 5) is 13.6. The van der Waals surface area contributed by atoms with Crippen molar-refractivity contribution in [2.45, 2.75) is 32.8 Å². The van der Waals surface area contributed by atoms with E-state index in [0.717, 1.165) is 32.5 Å². The van der Waals surface area contributed by atoms with Crippen LogP contribution in [0.4, 0.5) is 0 Å². The minimum absolute atomic E-state index is 0.0656.